The molecule has 0 radical (unpaired) electrons. The van der Waals surface area contributed by atoms with Crippen LogP contribution in [0, 0.1) is 0 Å². The molecule has 0 aromatic heterocycles. The number of methoxy groups -OCH3 is 2. The van der Waals surface area contributed by atoms with Gasteiger partial charge in [-0.3, -0.25) is 14.5 Å². The number of likely N-dealkylation sites (tertiary alicyclic amines) is 1. The molecule has 3 aliphatic heterocycles. The maximum atomic E-state index is 13.2. The van der Waals surface area contributed by atoms with Crippen LogP contribution in [0.2, 0.25) is 0 Å². The summed E-state index contributed by atoms with van der Waals surface area (Å²) < 4.78 is 10.5. The minimum atomic E-state index is -0.489. The van der Waals surface area contributed by atoms with Gasteiger partial charge in [0.2, 0.25) is 5.91 Å². The molecule has 3 heterocycles. The Hall–Kier alpha value is -2.18. The maximum absolute atomic E-state index is 13.2. The molecule has 2 fully saturated rings. The molecular formula is C26H40N6O4S. The van der Waals surface area contributed by atoms with Gasteiger partial charge in [-0.15, -0.1) is 0 Å². The van der Waals surface area contributed by atoms with Crippen molar-refractivity contribution < 1.29 is 19.1 Å². The van der Waals surface area contributed by atoms with Crippen LogP contribution >= 0.6 is 11.8 Å². The van der Waals surface area contributed by atoms with Gasteiger partial charge >= 0.3 is 0 Å². The summed E-state index contributed by atoms with van der Waals surface area (Å²) in [5.74, 6) is 0.161. The number of hydrogen-bond donors (Lipinski definition) is 2. The molecular weight excluding hydrogens is 492 g/mol. The number of piperazine rings is 1. The molecule has 3 aliphatic rings. The second-order valence-corrected chi connectivity index (χ2v) is 11.0. The van der Waals surface area contributed by atoms with Gasteiger partial charge in [-0.05, 0) is 38.1 Å². The molecule has 37 heavy (non-hydrogen) atoms. The molecule has 0 aliphatic carbocycles. The van der Waals surface area contributed by atoms with Crippen LogP contribution in [-0.4, -0.2) is 123 Å². The van der Waals surface area contributed by atoms with E-state index in [9.17, 15) is 9.59 Å². The number of carbonyl (C=O) groups is 2. The number of amides is 2. The Labute approximate surface area is 224 Å². The topological polar surface area (TPSA) is 98.7 Å². The fraction of sp³-hybridized carbons (Fsp3) is 0.654. The van der Waals surface area contributed by atoms with Crippen molar-refractivity contribution in [3.05, 3.63) is 29.3 Å². The maximum Gasteiger partial charge on any atom is 0.253 e. The number of aliphatic imine (C=N–C) groups is 1. The Bertz CT molecular complexity index is 992. The number of hydrogen-bond acceptors (Lipinski definition) is 9. The largest absolute Gasteiger partial charge is 0.383 e. The number of thioether (sulfide) groups is 1. The van der Waals surface area contributed by atoms with Gasteiger partial charge in [0.1, 0.15) is 6.04 Å². The molecule has 0 spiro atoms. The molecule has 1 unspecified atom stereocenters. The number of carbonyl (C=O) groups excluding carboxylic acids is 2. The monoisotopic (exact) mass is 532 g/mol. The average molecular weight is 533 g/mol. The summed E-state index contributed by atoms with van der Waals surface area (Å²) in [7, 11) is 5.47. The van der Waals surface area contributed by atoms with Crippen LogP contribution in [0.5, 0.6) is 0 Å². The fourth-order valence-corrected chi connectivity index (χ4v) is 6.06. The van der Waals surface area contributed by atoms with Gasteiger partial charge in [-0.25, -0.2) is 4.99 Å². The predicted molar refractivity (Wildman–Crippen MR) is 147 cm³/mol. The van der Waals surface area contributed by atoms with Crippen LogP contribution in [0.3, 0.4) is 0 Å². The van der Waals surface area contributed by atoms with E-state index in [1.54, 1.807) is 26.0 Å². The molecule has 11 heteroatoms. The fourth-order valence-electron chi connectivity index (χ4n) is 4.97. The van der Waals surface area contributed by atoms with Crippen molar-refractivity contribution in [1.82, 2.24) is 20.0 Å². The lowest BCUT2D eigenvalue weighted by Gasteiger charge is -2.38. The van der Waals surface area contributed by atoms with Crippen LogP contribution in [0.4, 0.5) is 5.69 Å². The van der Waals surface area contributed by atoms with Gasteiger partial charge in [0.25, 0.3) is 5.91 Å². The van der Waals surface area contributed by atoms with Crippen LogP contribution < -0.4 is 10.6 Å². The zero-order chi connectivity index (χ0) is 26.4. The Morgan fingerprint density at radius 3 is 2.76 bits per heavy atom. The van der Waals surface area contributed by atoms with Crippen LogP contribution in [-0.2, 0) is 20.8 Å². The third-order valence-corrected chi connectivity index (χ3v) is 8.32. The third-order valence-electron chi connectivity index (χ3n) is 7.22. The summed E-state index contributed by atoms with van der Waals surface area (Å²) in [5, 5.41) is 6.78. The third kappa shape index (κ3) is 7.23. The first kappa shape index (κ1) is 27.8. The number of benzene rings is 1. The second kappa shape index (κ2) is 13.1. The molecule has 1 aromatic carbocycles. The van der Waals surface area contributed by atoms with E-state index in [2.05, 4.69) is 44.3 Å². The lowest BCUT2D eigenvalue weighted by Crippen LogP contribution is -2.49. The highest BCUT2D eigenvalue weighted by atomic mass is 32.2. The zero-order valence-corrected chi connectivity index (χ0v) is 23.2. The summed E-state index contributed by atoms with van der Waals surface area (Å²) in [6.07, 6.45) is 1.18. The van der Waals surface area contributed by atoms with E-state index in [-0.39, 0.29) is 17.9 Å². The van der Waals surface area contributed by atoms with Crippen molar-refractivity contribution in [3.8, 4) is 0 Å². The van der Waals surface area contributed by atoms with E-state index in [1.807, 2.05) is 18.2 Å². The van der Waals surface area contributed by atoms with Gasteiger partial charge in [-0.1, -0.05) is 17.8 Å². The summed E-state index contributed by atoms with van der Waals surface area (Å²) in [6, 6.07) is 5.68. The van der Waals surface area contributed by atoms with Crippen LogP contribution in [0.15, 0.2) is 23.2 Å². The number of rotatable bonds is 9. The Morgan fingerprint density at radius 1 is 1.19 bits per heavy atom. The summed E-state index contributed by atoms with van der Waals surface area (Å²) in [5.41, 5.74) is 2.01. The molecule has 1 aromatic rings. The quantitative estimate of drug-likeness (QED) is 0.460. The second-order valence-electron chi connectivity index (χ2n) is 10.0. The number of anilines is 1. The first-order valence-electron chi connectivity index (χ1n) is 13.0. The highest BCUT2D eigenvalue weighted by Gasteiger charge is 2.32. The standard InChI is InChI=1S/C26H40N6O4S/c1-18-14-30(2)10-11-31(18)15-19-5-6-22(21(13-19)24(33)27-8-12-35-3)28-25(34)23-17-37-26(29-23)32-9-7-20(16-32)36-4/h5-6,13,18,20,23H,7-12,14-17H2,1-4H3,(H,27,33)(H,28,34)/t18-,20-,23?/m0/s1. The van der Waals surface area contributed by atoms with E-state index in [1.165, 1.54) is 0 Å². The molecule has 3 atom stereocenters. The molecule has 2 amide bonds. The molecule has 204 valence electrons. The van der Waals surface area contributed by atoms with Gasteiger partial charge in [0.05, 0.1) is 24.0 Å². The molecule has 0 bridgehead atoms. The predicted octanol–water partition coefficient (Wildman–Crippen LogP) is 1.33. The first-order valence-corrected chi connectivity index (χ1v) is 14.0. The van der Waals surface area contributed by atoms with Crippen molar-refractivity contribution in [2.45, 2.75) is 38.1 Å². The summed E-state index contributed by atoms with van der Waals surface area (Å²) in [6.45, 7) is 8.51. The minimum Gasteiger partial charge on any atom is -0.383 e. The number of amidine groups is 1. The Morgan fingerprint density at radius 2 is 2.03 bits per heavy atom. The molecule has 10 nitrogen and oxygen atoms in total. The van der Waals surface area contributed by atoms with Crippen molar-refractivity contribution >= 4 is 34.4 Å². The van der Waals surface area contributed by atoms with Crippen molar-refractivity contribution in [2.75, 3.05) is 78.2 Å². The van der Waals surface area contributed by atoms with Gasteiger partial charge in [0, 0.05) is 71.8 Å². The normalized spacial score (nSPS) is 24.8. The Kier molecular flexibility index (Phi) is 9.83. The highest BCUT2D eigenvalue weighted by Crippen LogP contribution is 2.27. The molecule has 2 saturated heterocycles. The lowest BCUT2D eigenvalue weighted by atomic mass is 10.1. The lowest BCUT2D eigenvalue weighted by molar-refractivity contribution is -0.116. The van der Waals surface area contributed by atoms with Crippen molar-refractivity contribution in [3.63, 3.8) is 0 Å². The Balaban J connectivity index is 1.46. The minimum absolute atomic E-state index is 0.198. The van der Waals surface area contributed by atoms with E-state index in [0.717, 1.165) is 56.4 Å². The number of ether oxygens (including phenoxy) is 2. The molecule has 2 N–H and O–H groups in total. The number of likely N-dealkylation sites (N-methyl/N-ethyl adjacent to an activating group) is 1. The number of nitrogens with zero attached hydrogens (tertiary/aromatic N) is 4. The average Bonchev–Trinajstić information content (AvgIpc) is 3.56. The van der Waals surface area contributed by atoms with Crippen molar-refractivity contribution in [1.29, 1.82) is 0 Å². The van der Waals surface area contributed by atoms with Crippen molar-refractivity contribution in [2.24, 2.45) is 4.99 Å². The SMILES string of the molecule is COCCNC(=O)c1cc(CN2CCN(C)C[C@@H]2C)ccc1NC(=O)C1CSC(N2CC[C@H](OC)C2)=N1. The summed E-state index contributed by atoms with van der Waals surface area (Å²) in [4.78, 5) is 37.9. The van der Waals surface area contributed by atoms with Gasteiger partial charge in [0.15, 0.2) is 5.17 Å². The van der Waals surface area contributed by atoms with Gasteiger partial charge < -0.3 is 29.9 Å². The van der Waals surface area contributed by atoms with E-state index >= 15 is 0 Å². The zero-order valence-electron chi connectivity index (χ0n) is 22.4. The van der Waals surface area contributed by atoms with Crippen LogP contribution in [0.25, 0.3) is 0 Å². The van der Waals surface area contributed by atoms with E-state index in [4.69, 9.17) is 9.47 Å². The van der Waals surface area contributed by atoms with Crippen LogP contribution in [0.1, 0.15) is 29.3 Å². The molecule has 4 rings (SSSR count). The summed E-state index contributed by atoms with van der Waals surface area (Å²) >= 11 is 1.60. The smallest absolute Gasteiger partial charge is 0.253 e. The van der Waals surface area contributed by atoms with E-state index in [0.29, 0.717) is 36.2 Å². The van der Waals surface area contributed by atoms with E-state index < -0.39 is 6.04 Å². The highest BCUT2D eigenvalue weighted by molar-refractivity contribution is 8.14. The van der Waals surface area contributed by atoms with Gasteiger partial charge in [-0.2, -0.15) is 0 Å². The first-order chi connectivity index (χ1) is 17.9. The molecule has 0 saturated carbocycles. The number of nitrogens with one attached hydrogen (secondary N) is 2.